The molecule has 1 atom stereocenters. The number of Topliss-reactive ketones (excluding diaryl/α,β-unsaturated/α-hetero) is 2. The molecule has 1 fully saturated rings. The van der Waals surface area contributed by atoms with Crippen LogP contribution < -0.4 is 0 Å². The van der Waals surface area contributed by atoms with Crippen LogP contribution in [0.5, 0.6) is 0 Å². The molecule has 1 rings (SSSR count). The van der Waals surface area contributed by atoms with Gasteiger partial charge >= 0.3 is 0 Å². The molecular formula is C12H18O3. The molecule has 1 aliphatic rings. The van der Waals surface area contributed by atoms with E-state index in [0.717, 1.165) is 0 Å². The van der Waals surface area contributed by atoms with Gasteiger partial charge in [0.2, 0.25) is 0 Å². The highest BCUT2D eigenvalue weighted by Gasteiger charge is 2.46. The Balaban J connectivity index is 2.77. The number of hydrogen-bond donors (Lipinski definition) is 0. The van der Waals surface area contributed by atoms with Gasteiger partial charge in [-0.1, -0.05) is 12.2 Å². The molecule has 0 aliphatic heterocycles. The van der Waals surface area contributed by atoms with Crippen molar-refractivity contribution in [2.24, 2.45) is 5.41 Å². The first-order chi connectivity index (χ1) is 7.04. The lowest BCUT2D eigenvalue weighted by Crippen LogP contribution is -2.33. The van der Waals surface area contributed by atoms with E-state index in [9.17, 15) is 9.59 Å². The van der Waals surface area contributed by atoms with Crippen LogP contribution >= 0.6 is 0 Å². The van der Waals surface area contributed by atoms with E-state index < -0.39 is 5.41 Å². The Morgan fingerprint density at radius 2 is 1.93 bits per heavy atom. The lowest BCUT2D eigenvalue weighted by molar-refractivity contribution is -0.135. The van der Waals surface area contributed by atoms with Gasteiger partial charge in [0.05, 0.1) is 11.5 Å². The number of ether oxygens (including phenoxy) is 1. The molecule has 3 heteroatoms. The van der Waals surface area contributed by atoms with E-state index in [1.807, 2.05) is 19.1 Å². The molecule has 0 aromatic rings. The highest BCUT2D eigenvalue weighted by Crippen LogP contribution is 2.36. The van der Waals surface area contributed by atoms with Crippen molar-refractivity contribution in [1.82, 2.24) is 0 Å². The van der Waals surface area contributed by atoms with Gasteiger partial charge in [0.1, 0.15) is 11.6 Å². The highest BCUT2D eigenvalue weighted by molar-refractivity contribution is 6.12. The third-order valence-electron chi connectivity index (χ3n) is 3.13. The molecule has 0 aromatic carbocycles. The minimum atomic E-state index is -0.819. The van der Waals surface area contributed by atoms with Crippen molar-refractivity contribution >= 4 is 11.6 Å². The minimum absolute atomic E-state index is 0.0547. The predicted octanol–water partition coefficient (Wildman–Crippen LogP) is 1.91. The molecule has 15 heavy (non-hydrogen) atoms. The van der Waals surface area contributed by atoms with Gasteiger partial charge in [-0.05, 0) is 20.3 Å². The van der Waals surface area contributed by atoms with Crippen molar-refractivity contribution in [2.75, 3.05) is 7.11 Å². The first-order valence-electron chi connectivity index (χ1n) is 5.27. The van der Waals surface area contributed by atoms with Crippen LogP contribution in [0, 0.1) is 5.41 Å². The molecule has 84 valence electrons. The van der Waals surface area contributed by atoms with Crippen LogP contribution in [0.2, 0.25) is 0 Å². The van der Waals surface area contributed by atoms with Crippen LogP contribution in [-0.4, -0.2) is 24.8 Å². The van der Waals surface area contributed by atoms with Crippen molar-refractivity contribution in [3.63, 3.8) is 0 Å². The smallest absolute Gasteiger partial charge is 0.146 e. The molecule has 0 amide bonds. The standard InChI is InChI=1S/C12H18O3/c1-4-5-9(15-3)8-12(2)10(13)6-7-11(12)14/h4-5,9H,6-8H2,1-3H3/b5-4+. The van der Waals surface area contributed by atoms with Crippen LogP contribution in [0.4, 0.5) is 0 Å². The Labute approximate surface area is 90.5 Å². The summed E-state index contributed by atoms with van der Waals surface area (Å²) in [4.78, 5) is 23.3. The molecule has 0 N–H and O–H groups in total. The number of carbonyl (C=O) groups excluding carboxylic acids is 2. The first kappa shape index (κ1) is 12.1. The SMILES string of the molecule is C/C=C/C(CC1(C)C(=O)CCC1=O)OC. The Bertz CT molecular complexity index is 275. The van der Waals surface area contributed by atoms with Gasteiger partial charge in [-0.3, -0.25) is 9.59 Å². The Morgan fingerprint density at radius 1 is 1.40 bits per heavy atom. The van der Waals surface area contributed by atoms with E-state index in [1.165, 1.54) is 0 Å². The third-order valence-corrected chi connectivity index (χ3v) is 3.13. The molecule has 1 aliphatic carbocycles. The van der Waals surface area contributed by atoms with E-state index in [-0.39, 0.29) is 17.7 Å². The summed E-state index contributed by atoms with van der Waals surface area (Å²) in [7, 11) is 1.60. The molecule has 1 saturated carbocycles. The second-order valence-corrected chi connectivity index (χ2v) is 4.18. The van der Waals surface area contributed by atoms with Gasteiger partial charge in [-0.25, -0.2) is 0 Å². The van der Waals surface area contributed by atoms with Crippen molar-refractivity contribution in [3.05, 3.63) is 12.2 Å². The van der Waals surface area contributed by atoms with E-state index in [4.69, 9.17) is 4.74 Å². The minimum Gasteiger partial charge on any atom is -0.377 e. The number of carbonyl (C=O) groups is 2. The molecule has 0 bridgehead atoms. The maximum atomic E-state index is 11.7. The largest absolute Gasteiger partial charge is 0.377 e. The summed E-state index contributed by atoms with van der Waals surface area (Å²) in [5.74, 6) is 0.109. The van der Waals surface area contributed by atoms with Crippen LogP contribution in [0.1, 0.15) is 33.1 Å². The number of methoxy groups -OCH3 is 1. The summed E-state index contributed by atoms with van der Waals surface area (Å²) in [6, 6.07) is 0. The average molecular weight is 210 g/mol. The summed E-state index contributed by atoms with van der Waals surface area (Å²) >= 11 is 0. The zero-order valence-corrected chi connectivity index (χ0v) is 9.58. The molecule has 0 saturated heterocycles. The normalized spacial score (nSPS) is 22.6. The number of ketones is 2. The van der Waals surface area contributed by atoms with Crippen LogP contribution in [0.25, 0.3) is 0 Å². The quantitative estimate of drug-likeness (QED) is 0.526. The lowest BCUT2D eigenvalue weighted by Gasteiger charge is -2.24. The summed E-state index contributed by atoms with van der Waals surface area (Å²) in [6.07, 6.45) is 4.85. The summed E-state index contributed by atoms with van der Waals surface area (Å²) in [6.45, 7) is 3.63. The highest BCUT2D eigenvalue weighted by atomic mass is 16.5. The van der Waals surface area contributed by atoms with Gasteiger partial charge in [-0.15, -0.1) is 0 Å². The fourth-order valence-corrected chi connectivity index (χ4v) is 2.01. The number of allylic oxidation sites excluding steroid dienone is 1. The zero-order valence-electron chi connectivity index (χ0n) is 9.58. The lowest BCUT2D eigenvalue weighted by atomic mass is 9.81. The average Bonchev–Trinajstić information content (AvgIpc) is 2.46. The van der Waals surface area contributed by atoms with Crippen molar-refractivity contribution < 1.29 is 14.3 Å². The number of rotatable bonds is 4. The molecule has 0 heterocycles. The third kappa shape index (κ3) is 2.34. The van der Waals surface area contributed by atoms with E-state index >= 15 is 0 Å². The van der Waals surface area contributed by atoms with Gasteiger partial charge in [0.25, 0.3) is 0 Å². The van der Waals surface area contributed by atoms with Gasteiger partial charge in [-0.2, -0.15) is 0 Å². The maximum absolute atomic E-state index is 11.7. The second-order valence-electron chi connectivity index (χ2n) is 4.18. The second kappa shape index (κ2) is 4.71. The fraction of sp³-hybridized carbons (Fsp3) is 0.667. The van der Waals surface area contributed by atoms with Gasteiger partial charge < -0.3 is 4.74 Å². The Morgan fingerprint density at radius 3 is 2.33 bits per heavy atom. The molecule has 3 nitrogen and oxygen atoms in total. The van der Waals surface area contributed by atoms with Crippen molar-refractivity contribution in [2.45, 2.75) is 39.2 Å². The Kier molecular flexibility index (Phi) is 3.80. The molecule has 0 radical (unpaired) electrons. The topological polar surface area (TPSA) is 43.4 Å². The van der Waals surface area contributed by atoms with Gasteiger partial charge in [0, 0.05) is 20.0 Å². The molecular weight excluding hydrogens is 192 g/mol. The van der Waals surface area contributed by atoms with E-state index in [1.54, 1.807) is 14.0 Å². The fourth-order valence-electron chi connectivity index (χ4n) is 2.01. The molecule has 0 aromatic heterocycles. The number of hydrogen-bond acceptors (Lipinski definition) is 3. The Hall–Kier alpha value is -0.960. The summed E-state index contributed by atoms with van der Waals surface area (Å²) in [5.41, 5.74) is -0.819. The van der Waals surface area contributed by atoms with Crippen molar-refractivity contribution in [1.29, 1.82) is 0 Å². The van der Waals surface area contributed by atoms with Crippen LogP contribution in [0.3, 0.4) is 0 Å². The van der Waals surface area contributed by atoms with Crippen LogP contribution in [-0.2, 0) is 14.3 Å². The predicted molar refractivity (Wildman–Crippen MR) is 57.6 cm³/mol. The van der Waals surface area contributed by atoms with Crippen molar-refractivity contribution in [3.8, 4) is 0 Å². The zero-order chi connectivity index (χ0) is 11.5. The first-order valence-corrected chi connectivity index (χ1v) is 5.27. The maximum Gasteiger partial charge on any atom is 0.146 e. The van der Waals surface area contributed by atoms with Crippen LogP contribution in [0.15, 0.2) is 12.2 Å². The summed E-state index contributed by atoms with van der Waals surface area (Å²) in [5, 5.41) is 0. The molecule has 0 spiro atoms. The molecule has 1 unspecified atom stereocenters. The van der Waals surface area contributed by atoms with Gasteiger partial charge in [0.15, 0.2) is 0 Å². The van der Waals surface area contributed by atoms with E-state index in [2.05, 4.69) is 0 Å². The summed E-state index contributed by atoms with van der Waals surface area (Å²) < 4.78 is 5.22. The monoisotopic (exact) mass is 210 g/mol. The van der Waals surface area contributed by atoms with E-state index in [0.29, 0.717) is 19.3 Å².